The van der Waals surface area contributed by atoms with Crippen LogP contribution in [0.25, 0.3) is 0 Å². The van der Waals surface area contributed by atoms with Gasteiger partial charge in [0.05, 0.1) is 61.4 Å². The minimum atomic E-state index is 0. The van der Waals surface area contributed by atoms with E-state index in [1.54, 1.807) is 28.4 Å². The third-order valence-corrected chi connectivity index (χ3v) is 10.1. The summed E-state index contributed by atoms with van der Waals surface area (Å²) in [6.07, 6.45) is 0. The van der Waals surface area contributed by atoms with E-state index in [1.807, 2.05) is 97.1 Å². The summed E-state index contributed by atoms with van der Waals surface area (Å²) < 4.78 is 22.1. The normalized spacial score (nSPS) is 11.7. The first kappa shape index (κ1) is 47.0. The smallest absolute Gasteiger partial charge is 0.134 e. The standard InChI is InChI=1S/C48H36N4O4.2CH2Cl2.Zn/c1-53-33-13-5-29(6-14-33)45-37-21-23-39(49-37)46(30-7-15-34(54-2)16-8-30)41-25-27-43(51-41)48(32-11-19-36(56-4)20-12-32)44-28-26-42(52-44)47(40-24-22-38(45)50-40)31-9-17-35(55-3)18-10-31;2*2-1-3;/h5-28H,1-4H3;2*1H2;. The van der Waals surface area contributed by atoms with Gasteiger partial charge in [0.1, 0.15) is 23.0 Å². The van der Waals surface area contributed by atoms with Gasteiger partial charge in [-0.1, -0.05) is 0 Å². The van der Waals surface area contributed by atoms with E-state index in [1.165, 1.54) is 0 Å². The van der Waals surface area contributed by atoms with Crippen molar-refractivity contribution in [2.45, 2.75) is 0 Å². The van der Waals surface area contributed by atoms with Crippen LogP contribution >= 0.6 is 46.4 Å². The Morgan fingerprint density at radius 1 is 0.302 bits per heavy atom. The number of hydrogen-bond acceptors (Lipinski definition) is 4. The van der Waals surface area contributed by atoms with E-state index in [2.05, 4.69) is 48.5 Å². The first-order valence-electron chi connectivity index (χ1n) is 19.2. The van der Waals surface area contributed by atoms with Crippen LogP contribution in [0.2, 0.25) is 0 Å². The Morgan fingerprint density at radius 3 is 0.571 bits per heavy atom. The number of rotatable bonds is 8. The van der Waals surface area contributed by atoms with Gasteiger partial charge in [-0.15, -0.1) is 46.4 Å². The van der Waals surface area contributed by atoms with Crippen molar-refractivity contribution in [1.29, 1.82) is 0 Å². The van der Waals surface area contributed by atoms with Crippen molar-refractivity contribution in [2.75, 3.05) is 39.1 Å². The molecule has 0 aliphatic carbocycles. The monoisotopic (exact) mass is 964 g/mol. The predicted molar refractivity (Wildman–Crippen MR) is 246 cm³/mol. The molecular weight excluding hydrogens is 928 g/mol. The SMILES string of the molecule is COc1ccc([C+]2c3ccc([n-]3)[C+](c3ccc(OC)cc3)c3ccc([n-]3)[C+](c3ccc(OC)cc3)c3ccc([n-]3)[C+](c3ccc(OC)cc3)c3ccc2[n-]3)cc1.ClCCl.ClCCl.[Zn]. The van der Waals surface area contributed by atoms with Gasteiger partial charge in [-0.25, -0.2) is 0 Å². The molecule has 8 bridgehead atoms. The summed E-state index contributed by atoms with van der Waals surface area (Å²) in [5.74, 6) is 6.63. The molecule has 5 heterocycles. The van der Waals surface area contributed by atoms with Crippen LogP contribution < -0.4 is 38.9 Å². The van der Waals surface area contributed by atoms with Crippen molar-refractivity contribution in [3.8, 4) is 23.0 Å². The van der Waals surface area contributed by atoms with Crippen molar-refractivity contribution < 1.29 is 38.4 Å². The molecule has 0 unspecified atom stereocenters. The minimum Gasteiger partial charge on any atom is -0.628 e. The number of alkyl halides is 4. The van der Waals surface area contributed by atoms with Crippen LogP contribution in [0.1, 0.15) is 67.8 Å². The van der Waals surface area contributed by atoms with E-state index in [0.29, 0.717) is 0 Å². The van der Waals surface area contributed by atoms with Crippen molar-refractivity contribution in [3.63, 3.8) is 0 Å². The van der Waals surface area contributed by atoms with Crippen molar-refractivity contribution in [3.05, 3.63) is 237 Å². The fourth-order valence-electron chi connectivity index (χ4n) is 7.30. The van der Waals surface area contributed by atoms with Gasteiger partial charge in [-0.2, -0.15) is 0 Å². The molecule has 0 fully saturated rings. The van der Waals surface area contributed by atoms with E-state index < -0.39 is 0 Å². The number of fused-ring (bicyclic) bond motifs is 8. The molecule has 1 aliphatic rings. The first-order valence-corrected chi connectivity index (χ1v) is 21.4. The molecule has 1 aliphatic heterocycles. The van der Waals surface area contributed by atoms with Gasteiger partial charge in [-0.05, 0) is 45.6 Å². The average Bonchev–Trinajstić information content (AvgIpc) is 4.16. The average molecular weight is 968 g/mol. The molecule has 0 atom stereocenters. The molecule has 13 heteroatoms. The molecule has 0 saturated carbocycles. The molecule has 4 aromatic carbocycles. The van der Waals surface area contributed by atoms with Crippen molar-refractivity contribution in [1.82, 2.24) is 19.9 Å². The fraction of sp³-hybridized carbons (Fsp3) is 0.120. The zero-order valence-corrected chi connectivity index (χ0v) is 40.9. The van der Waals surface area contributed by atoms with Crippen LogP contribution in [0.3, 0.4) is 0 Å². The Bertz CT molecular complexity index is 2170. The second-order valence-electron chi connectivity index (χ2n) is 13.5. The number of halogens is 4. The number of benzene rings is 4. The Labute approximate surface area is 401 Å². The quantitative estimate of drug-likeness (QED) is 0.0845. The fourth-order valence-corrected chi connectivity index (χ4v) is 7.30. The van der Waals surface area contributed by atoms with Crippen molar-refractivity contribution in [2.24, 2.45) is 0 Å². The third kappa shape index (κ3) is 10.5. The second-order valence-corrected chi connectivity index (χ2v) is 15.1. The number of nitrogens with zero attached hydrogens (tertiary/aromatic N) is 4. The van der Waals surface area contributed by atoms with Crippen LogP contribution in [0.5, 0.6) is 23.0 Å². The molecule has 0 saturated heterocycles. The van der Waals surface area contributed by atoms with Gasteiger partial charge in [0.25, 0.3) is 0 Å². The van der Waals surface area contributed by atoms with Crippen molar-refractivity contribution >= 4 is 46.4 Å². The van der Waals surface area contributed by atoms with Gasteiger partial charge in [-0.3, -0.25) is 0 Å². The van der Waals surface area contributed by atoms with E-state index in [9.17, 15) is 0 Å². The number of hydrogen-bond donors (Lipinski definition) is 0. The summed E-state index contributed by atoms with van der Waals surface area (Å²) in [4.78, 5) is 21.4. The maximum absolute atomic E-state index is 5.52. The molecule has 8 aromatic rings. The second kappa shape index (κ2) is 22.2. The topological polar surface area (TPSA) is 93.3 Å². The van der Waals surface area contributed by atoms with E-state index >= 15 is 0 Å². The van der Waals surface area contributed by atoms with Gasteiger partial charge in [0.15, 0.2) is 0 Å². The molecule has 0 spiro atoms. The number of ether oxygens (including phenoxy) is 4. The summed E-state index contributed by atoms with van der Waals surface area (Å²) in [6, 6.07) is 48.5. The Hall–Kier alpha value is -5.54. The van der Waals surface area contributed by atoms with Crippen LogP contribution in [0.15, 0.2) is 146 Å². The van der Waals surface area contributed by atoms with E-state index in [4.69, 9.17) is 85.3 Å². The zero-order chi connectivity index (χ0) is 43.6. The summed E-state index contributed by atoms with van der Waals surface area (Å²) in [7, 11) is 6.67. The maximum Gasteiger partial charge on any atom is 0.134 e. The van der Waals surface area contributed by atoms with E-state index in [0.717, 1.165) is 114 Å². The van der Waals surface area contributed by atoms with Gasteiger partial charge in [0, 0.05) is 189 Å². The zero-order valence-electron chi connectivity index (χ0n) is 34.9. The summed E-state index contributed by atoms with van der Waals surface area (Å²) in [6.45, 7) is 0. The molecular formula is C50H40Cl4N4O4Zn. The van der Waals surface area contributed by atoms with Crippen LogP contribution in [-0.4, -0.2) is 39.1 Å². The molecule has 9 rings (SSSR count). The molecule has 314 valence electrons. The molecule has 0 N–H and O–H groups in total. The Kier molecular flexibility index (Phi) is 16.5. The van der Waals surface area contributed by atoms with Crippen LogP contribution in [0.4, 0.5) is 0 Å². The maximum atomic E-state index is 5.52. The molecule has 0 amide bonds. The first-order chi connectivity index (χ1) is 30.4. The van der Waals surface area contributed by atoms with Gasteiger partial charge >= 0.3 is 0 Å². The largest absolute Gasteiger partial charge is 0.628 e. The number of aromatic nitrogens is 4. The Morgan fingerprint density at radius 2 is 0.444 bits per heavy atom. The Balaban J connectivity index is 0.000000895. The summed E-state index contributed by atoms with van der Waals surface area (Å²) in [5, 5.41) is 0.389. The van der Waals surface area contributed by atoms with E-state index in [-0.39, 0.29) is 30.2 Å². The number of methoxy groups -OCH3 is 4. The van der Waals surface area contributed by atoms with Gasteiger partial charge < -0.3 is 38.9 Å². The molecule has 4 aromatic heterocycles. The van der Waals surface area contributed by atoms with Crippen LogP contribution in [0, 0.1) is 23.7 Å². The third-order valence-electron chi connectivity index (χ3n) is 10.1. The molecule has 8 nitrogen and oxygen atoms in total. The molecule has 63 heavy (non-hydrogen) atoms. The van der Waals surface area contributed by atoms with Gasteiger partial charge in [0.2, 0.25) is 0 Å². The van der Waals surface area contributed by atoms with Crippen LogP contribution in [-0.2, 0) is 19.5 Å². The molecule has 0 radical (unpaired) electrons. The minimum absolute atomic E-state index is 0. The predicted octanol–water partition coefficient (Wildman–Crippen LogP) is 10.8. The summed E-state index contributed by atoms with van der Waals surface area (Å²) >= 11 is 19.1. The summed E-state index contributed by atoms with van der Waals surface area (Å²) in [5.41, 5.74) is 10.1.